The SMILES string of the molecule is COCCOCCNC(=O)NC1(CC(=O)O)CCCCC1. The first kappa shape index (κ1) is 17.7. The molecular formula is C14H26N2O5. The first-order valence-corrected chi connectivity index (χ1v) is 7.42. The predicted octanol–water partition coefficient (Wildman–Crippen LogP) is 1.13. The number of carbonyl (C=O) groups is 2. The summed E-state index contributed by atoms with van der Waals surface area (Å²) in [6, 6.07) is -0.325. The first-order valence-electron chi connectivity index (χ1n) is 7.42. The van der Waals surface area contributed by atoms with Gasteiger partial charge in [0.2, 0.25) is 0 Å². The summed E-state index contributed by atoms with van der Waals surface area (Å²) in [5, 5.41) is 14.6. The Hall–Kier alpha value is -1.34. The number of hydrogen-bond acceptors (Lipinski definition) is 4. The molecule has 0 saturated heterocycles. The number of ether oxygens (including phenoxy) is 2. The molecule has 0 aromatic rings. The quantitative estimate of drug-likeness (QED) is 0.555. The van der Waals surface area contributed by atoms with Crippen LogP contribution in [0.25, 0.3) is 0 Å². The van der Waals surface area contributed by atoms with E-state index < -0.39 is 11.5 Å². The molecule has 1 aliphatic rings. The van der Waals surface area contributed by atoms with Gasteiger partial charge in [0.05, 0.1) is 31.8 Å². The summed E-state index contributed by atoms with van der Waals surface area (Å²) in [4.78, 5) is 22.9. The standard InChI is InChI=1S/C14H26N2O5/c1-20-9-10-21-8-7-15-13(19)16-14(11-12(17)18)5-3-2-4-6-14/h2-11H2,1H3,(H,17,18)(H2,15,16,19). The van der Waals surface area contributed by atoms with Gasteiger partial charge in [-0.1, -0.05) is 19.3 Å². The van der Waals surface area contributed by atoms with Gasteiger partial charge < -0.3 is 25.2 Å². The fourth-order valence-electron chi connectivity index (χ4n) is 2.63. The van der Waals surface area contributed by atoms with Gasteiger partial charge in [0.25, 0.3) is 0 Å². The normalized spacial score (nSPS) is 17.2. The molecule has 1 aliphatic carbocycles. The Morgan fingerprint density at radius 2 is 1.86 bits per heavy atom. The number of methoxy groups -OCH3 is 1. The average molecular weight is 302 g/mol. The van der Waals surface area contributed by atoms with E-state index in [4.69, 9.17) is 14.6 Å². The molecule has 0 bridgehead atoms. The van der Waals surface area contributed by atoms with Gasteiger partial charge >= 0.3 is 12.0 Å². The Balaban J connectivity index is 2.30. The highest BCUT2D eigenvalue weighted by atomic mass is 16.5. The number of aliphatic carboxylic acids is 1. The molecule has 0 aliphatic heterocycles. The molecule has 21 heavy (non-hydrogen) atoms. The minimum absolute atomic E-state index is 0.0231. The zero-order valence-corrected chi connectivity index (χ0v) is 12.7. The number of urea groups is 1. The zero-order chi connectivity index (χ0) is 15.6. The van der Waals surface area contributed by atoms with E-state index in [0.717, 1.165) is 32.1 Å². The zero-order valence-electron chi connectivity index (χ0n) is 12.7. The highest BCUT2D eigenvalue weighted by molar-refractivity contribution is 5.76. The van der Waals surface area contributed by atoms with Crippen molar-refractivity contribution in [3.8, 4) is 0 Å². The molecule has 3 N–H and O–H groups in total. The Labute approximate surface area is 125 Å². The van der Waals surface area contributed by atoms with Crippen molar-refractivity contribution >= 4 is 12.0 Å². The van der Waals surface area contributed by atoms with E-state index in [1.807, 2.05) is 0 Å². The highest BCUT2D eigenvalue weighted by Crippen LogP contribution is 2.31. The topological polar surface area (TPSA) is 96.9 Å². The molecule has 0 aromatic heterocycles. The smallest absolute Gasteiger partial charge is 0.315 e. The molecule has 2 amide bonds. The van der Waals surface area contributed by atoms with Crippen LogP contribution in [0, 0.1) is 0 Å². The summed E-state index contributed by atoms with van der Waals surface area (Å²) in [7, 11) is 1.60. The Bertz CT molecular complexity index is 329. The van der Waals surface area contributed by atoms with Crippen LogP contribution >= 0.6 is 0 Å². The van der Waals surface area contributed by atoms with Crippen molar-refractivity contribution in [3.05, 3.63) is 0 Å². The van der Waals surface area contributed by atoms with Gasteiger partial charge in [-0.15, -0.1) is 0 Å². The molecule has 1 fully saturated rings. The van der Waals surface area contributed by atoms with Crippen molar-refractivity contribution < 1.29 is 24.2 Å². The maximum absolute atomic E-state index is 11.9. The molecule has 7 nitrogen and oxygen atoms in total. The lowest BCUT2D eigenvalue weighted by molar-refractivity contribution is -0.139. The molecular weight excluding hydrogens is 276 g/mol. The highest BCUT2D eigenvalue weighted by Gasteiger charge is 2.35. The van der Waals surface area contributed by atoms with Gasteiger partial charge in [-0.3, -0.25) is 4.79 Å². The van der Waals surface area contributed by atoms with Gasteiger partial charge in [-0.2, -0.15) is 0 Å². The number of rotatable bonds is 9. The van der Waals surface area contributed by atoms with Crippen LogP contribution in [-0.4, -0.2) is 56.1 Å². The predicted molar refractivity (Wildman–Crippen MR) is 77.3 cm³/mol. The van der Waals surface area contributed by atoms with E-state index >= 15 is 0 Å². The third-order valence-electron chi connectivity index (χ3n) is 3.64. The fraction of sp³-hybridized carbons (Fsp3) is 0.857. The van der Waals surface area contributed by atoms with Crippen LogP contribution in [0.2, 0.25) is 0 Å². The van der Waals surface area contributed by atoms with Crippen molar-refractivity contribution in [3.63, 3.8) is 0 Å². The van der Waals surface area contributed by atoms with Gasteiger partial charge in [-0.25, -0.2) is 4.79 Å². The summed E-state index contributed by atoms with van der Waals surface area (Å²) in [6.07, 6.45) is 4.41. The van der Waals surface area contributed by atoms with Gasteiger partial charge in [0.15, 0.2) is 0 Å². The maximum Gasteiger partial charge on any atom is 0.315 e. The lowest BCUT2D eigenvalue weighted by Crippen LogP contribution is -2.54. The molecule has 122 valence electrons. The van der Waals surface area contributed by atoms with Gasteiger partial charge in [0.1, 0.15) is 0 Å². The number of carboxylic acid groups (broad SMARTS) is 1. The minimum Gasteiger partial charge on any atom is -0.481 e. The summed E-state index contributed by atoms with van der Waals surface area (Å²) in [6.45, 7) is 1.80. The molecule has 0 radical (unpaired) electrons. The van der Waals surface area contributed by atoms with Crippen molar-refractivity contribution in [2.75, 3.05) is 33.5 Å². The Kier molecular flexibility index (Phi) is 8.07. The second-order valence-electron chi connectivity index (χ2n) is 5.40. The Morgan fingerprint density at radius 3 is 2.48 bits per heavy atom. The van der Waals surface area contributed by atoms with Crippen LogP contribution < -0.4 is 10.6 Å². The van der Waals surface area contributed by atoms with E-state index in [1.165, 1.54) is 0 Å². The van der Waals surface area contributed by atoms with E-state index in [-0.39, 0.29) is 12.5 Å². The summed E-state index contributed by atoms with van der Waals surface area (Å²) in [5.74, 6) is -0.875. The maximum atomic E-state index is 11.9. The van der Waals surface area contributed by atoms with Crippen LogP contribution in [0.1, 0.15) is 38.5 Å². The first-order chi connectivity index (χ1) is 10.1. The lowest BCUT2D eigenvalue weighted by Gasteiger charge is -2.36. The van der Waals surface area contributed by atoms with E-state index in [9.17, 15) is 9.59 Å². The molecule has 0 heterocycles. The van der Waals surface area contributed by atoms with Crippen LogP contribution in [0.15, 0.2) is 0 Å². The largest absolute Gasteiger partial charge is 0.481 e. The van der Waals surface area contributed by atoms with Crippen molar-refractivity contribution in [1.29, 1.82) is 0 Å². The van der Waals surface area contributed by atoms with Gasteiger partial charge in [0, 0.05) is 13.7 Å². The molecule has 0 spiro atoms. The summed E-state index contributed by atoms with van der Waals surface area (Å²) >= 11 is 0. The monoisotopic (exact) mass is 302 g/mol. The number of amides is 2. The van der Waals surface area contributed by atoms with Gasteiger partial charge in [-0.05, 0) is 12.8 Å². The number of carbonyl (C=O) groups excluding carboxylic acids is 1. The van der Waals surface area contributed by atoms with Crippen LogP contribution in [0.4, 0.5) is 4.79 Å². The molecule has 0 atom stereocenters. The molecule has 1 rings (SSSR count). The minimum atomic E-state index is -0.875. The second kappa shape index (κ2) is 9.57. The molecule has 7 heteroatoms. The third-order valence-corrected chi connectivity index (χ3v) is 3.64. The summed E-state index contributed by atoms with van der Waals surface area (Å²) in [5.41, 5.74) is -0.606. The fourth-order valence-corrected chi connectivity index (χ4v) is 2.63. The van der Waals surface area contributed by atoms with Crippen LogP contribution in [0.5, 0.6) is 0 Å². The lowest BCUT2D eigenvalue weighted by atomic mass is 9.79. The second-order valence-corrected chi connectivity index (χ2v) is 5.40. The number of hydrogen-bond donors (Lipinski definition) is 3. The number of carboxylic acids is 1. The van der Waals surface area contributed by atoms with E-state index in [1.54, 1.807) is 7.11 Å². The third kappa shape index (κ3) is 7.29. The summed E-state index contributed by atoms with van der Waals surface area (Å²) < 4.78 is 10.1. The number of nitrogens with one attached hydrogen (secondary N) is 2. The molecule has 1 saturated carbocycles. The van der Waals surface area contributed by atoms with Crippen molar-refractivity contribution in [2.45, 2.75) is 44.1 Å². The van der Waals surface area contributed by atoms with Crippen molar-refractivity contribution in [1.82, 2.24) is 10.6 Å². The Morgan fingerprint density at radius 1 is 1.14 bits per heavy atom. The molecule has 0 aromatic carbocycles. The van der Waals surface area contributed by atoms with E-state index in [0.29, 0.717) is 26.4 Å². The molecule has 0 unspecified atom stereocenters. The van der Waals surface area contributed by atoms with E-state index in [2.05, 4.69) is 10.6 Å². The van der Waals surface area contributed by atoms with Crippen LogP contribution in [0.3, 0.4) is 0 Å². The van der Waals surface area contributed by atoms with Crippen LogP contribution in [-0.2, 0) is 14.3 Å². The average Bonchev–Trinajstić information content (AvgIpc) is 2.42. The van der Waals surface area contributed by atoms with Crippen molar-refractivity contribution in [2.24, 2.45) is 0 Å².